The molecule has 74 valence electrons. The molecule has 1 aromatic heterocycles. The van der Waals surface area contributed by atoms with Crippen molar-refractivity contribution in [3.8, 4) is 0 Å². The number of hydrogen-bond donors (Lipinski definition) is 1. The molecule has 1 aliphatic heterocycles. The normalized spacial score (nSPS) is 17.0. The maximum atomic E-state index is 11.3. The lowest BCUT2D eigenvalue weighted by atomic mass is 10.3. The first-order valence-electron chi connectivity index (χ1n) is 4.05. The Morgan fingerprint density at radius 1 is 1.57 bits per heavy atom. The Labute approximate surface area is 79.1 Å². The van der Waals surface area contributed by atoms with Gasteiger partial charge in [-0.25, -0.2) is 0 Å². The molecule has 1 aromatic rings. The van der Waals surface area contributed by atoms with Crippen molar-refractivity contribution in [2.24, 2.45) is 0 Å². The van der Waals surface area contributed by atoms with E-state index in [1.54, 1.807) is 0 Å². The quantitative estimate of drug-likeness (QED) is 0.623. The van der Waals surface area contributed by atoms with Gasteiger partial charge in [-0.3, -0.25) is 9.59 Å². The van der Waals surface area contributed by atoms with Gasteiger partial charge in [-0.2, -0.15) is 4.98 Å². The van der Waals surface area contributed by atoms with E-state index in [2.05, 4.69) is 20.0 Å². The fraction of sp³-hybridized carbons (Fsp3) is 0.429. The summed E-state index contributed by atoms with van der Waals surface area (Å²) in [5, 5.41) is 6.01. The molecule has 0 aromatic carbocycles. The number of carbonyl (C=O) groups excluding carboxylic acids is 2. The lowest BCUT2D eigenvalue weighted by Gasteiger charge is -2.24. The van der Waals surface area contributed by atoms with Crippen LogP contribution in [0.5, 0.6) is 0 Å². The molecule has 0 spiro atoms. The first kappa shape index (κ1) is 8.67. The van der Waals surface area contributed by atoms with E-state index in [4.69, 9.17) is 0 Å². The minimum Gasteiger partial charge on any atom is -0.345 e. The summed E-state index contributed by atoms with van der Waals surface area (Å²) in [5.41, 5.74) is 0. The average Bonchev–Trinajstić information content (AvgIpc) is 2.64. The van der Waals surface area contributed by atoms with Gasteiger partial charge in [-0.15, -0.1) is 0 Å². The number of hydrogen-bond acceptors (Lipinski definition) is 5. The number of aromatic nitrogens is 2. The molecule has 7 heteroatoms. The van der Waals surface area contributed by atoms with Crippen LogP contribution < -0.4 is 5.32 Å². The Kier molecular flexibility index (Phi) is 2.13. The molecule has 1 aliphatic rings. The molecule has 1 saturated heterocycles. The highest BCUT2D eigenvalue weighted by molar-refractivity contribution is 5.92. The van der Waals surface area contributed by atoms with E-state index < -0.39 is 0 Å². The fourth-order valence-electron chi connectivity index (χ4n) is 1.18. The molecule has 7 nitrogen and oxygen atoms in total. The van der Waals surface area contributed by atoms with Crippen LogP contribution >= 0.6 is 0 Å². The van der Waals surface area contributed by atoms with E-state index in [1.807, 2.05) is 0 Å². The van der Waals surface area contributed by atoms with Gasteiger partial charge in [-0.1, -0.05) is 5.16 Å². The lowest BCUT2D eigenvalue weighted by Crippen LogP contribution is -2.51. The third kappa shape index (κ3) is 1.70. The third-order valence-electron chi connectivity index (χ3n) is 1.86. The van der Waals surface area contributed by atoms with Crippen LogP contribution in [0.4, 0.5) is 0 Å². The van der Waals surface area contributed by atoms with Crippen LogP contribution in [0, 0.1) is 0 Å². The van der Waals surface area contributed by atoms with Crippen molar-refractivity contribution in [3.05, 3.63) is 12.2 Å². The second kappa shape index (κ2) is 3.44. The monoisotopic (exact) mass is 196 g/mol. The Balaban J connectivity index is 2.02. The molecule has 2 rings (SSSR count). The predicted molar refractivity (Wildman–Crippen MR) is 42.7 cm³/mol. The van der Waals surface area contributed by atoms with Crippen molar-refractivity contribution >= 4 is 11.8 Å². The van der Waals surface area contributed by atoms with Crippen LogP contribution in [0.1, 0.15) is 5.82 Å². The molecule has 2 heterocycles. The second-order valence-electron chi connectivity index (χ2n) is 2.87. The molecule has 0 bridgehead atoms. The molecule has 1 fully saturated rings. The summed E-state index contributed by atoms with van der Waals surface area (Å²) in [5.74, 6) is 0.0792. The van der Waals surface area contributed by atoms with Gasteiger partial charge >= 0.3 is 0 Å². The molecule has 1 N–H and O–H groups in total. The standard InChI is InChI=1S/C7H8N4O3/c12-6-3-11(7(13)1-8-6)2-5-9-4-14-10-5/h4H,1-3H2,(H,8,12). The van der Waals surface area contributed by atoms with Crippen molar-refractivity contribution in [2.75, 3.05) is 13.1 Å². The van der Waals surface area contributed by atoms with Crippen LogP contribution in [0.3, 0.4) is 0 Å². The summed E-state index contributed by atoms with van der Waals surface area (Å²) < 4.78 is 4.52. The molecule has 0 radical (unpaired) electrons. The molecular weight excluding hydrogens is 188 g/mol. The molecule has 14 heavy (non-hydrogen) atoms. The van der Waals surface area contributed by atoms with Crippen LogP contribution in [0.25, 0.3) is 0 Å². The van der Waals surface area contributed by atoms with E-state index in [-0.39, 0.29) is 31.4 Å². The lowest BCUT2D eigenvalue weighted by molar-refractivity contribution is -0.141. The Morgan fingerprint density at radius 3 is 3.14 bits per heavy atom. The molecule has 0 aliphatic carbocycles. The summed E-state index contributed by atoms with van der Waals surface area (Å²) in [6.07, 6.45) is 1.18. The number of nitrogens with zero attached hydrogens (tertiary/aromatic N) is 3. The van der Waals surface area contributed by atoms with E-state index in [0.717, 1.165) is 0 Å². The number of rotatable bonds is 2. The van der Waals surface area contributed by atoms with Gasteiger partial charge in [0.2, 0.25) is 18.2 Å². The zero-order valence-electron chi connectivity index (χ0n) is 7.27. The van der Waals surface area contributed by atoms with Crippen LogP contribution in [-0.4, -0.2) is 39.9 Å². The fourth-order valence-corrected chi connectivity index (χ4v) is 1.18. The molecule has 0 unspecified atom stereocenters. The van der Waals surface area contributed by atoms with Crippen molar-refractivity contribution in [3.63, 3.8) is 0 Å². The van der Waals surface area contributed by atoms with Gasteiger partial charge in [-0.05, 0) is 0 Å². The first-order chi connectivity index (χ1) is 6.75. The molecule has 0 atom stereocenters. The minimum absolute atomic E-state index is 0.0384. The number of piperazine rings is 1. The smallest absolute Gasteiger partial charge is 0.242 e. The van der Waals surface area contributed by atoms with Crippen molar-refractivity contribution in [2.45, 2.75) is 6.54 Å². The number of amides is 2. The van der Waals surface area contributed by atoms with Crippen LogP contribution in [0.2, 0.25) is 0 Å². The highest BCUT2D eigenvalue weighted by Gasteiger charge is 2.23. The van der Waals surface area contributed by atoms with Gasteiger partial charge in [0.1, 0.15) is 6.54 Å². The maximum absolute atomic E-state index is 11.3. The number of nitrogens with one attached hydrogen (secondary N) is 1. The van der Waals surface area contributed by atoms with Gasteiger partial charge in [0.15, 0.2) is 5.82 Å². The topological polar surface area (TPSA) is 88.3 Å². The average molecular weight is 196 g/mol. The predicted octanol–water partition coefficient (Wildman–Crippen LogP) is -1.47. The van der Waals surface area contributed by atoms with Gasteiger partial charge in [0.05, 0.1) is 13.1 Å². The largest absolute Gasteiger partial charge is 0.345 e. The second-order valence-corrected chi connectivity index (χ2v) is 2.87. The van der Waals surface area contributed by atoms with Gasteiger partial charge in [0, 0.05) is 0 Å². The molecule has 2 amide bonds. The third-order valence-corrected chi connectivity index (χ3v) is 1.86. The van der Waals surface area contributed by atoms with E-state index >= 15 is 0 Å². The Hall–Kier alpha value is -1.92. The summed E-state index contributed by atoms with van der Waals surface area (Å²) in [4.78, 5) is 27.4. The summed E-state index contributed by atoms with van der Waals surface area (Å²) >= 11 is 0. The van der Waals surface area contributed by atoms with Crippen LogP contribution in [-0.2, 0) is 16.1 Å². The van der Waals surface area contributed by atoms with E-state index in [1.165, 1.54) is 11.3 Å². The Bertz CT molecular complexity index is 348. The highest BCUT2D eigenvalue weighted by atomic mass is 16.5. The molecule has 0 saturated carbocycles. The van der Waals surface area contributed by atoms with E-state index in [0.29, 0.717) is 5.82 Å². The van der Waals surface area contributed by atoms with Crippen molar-refractivity contribution in [1.82, 2.24) is 20.4 Å². The molecular formula is C7H8N4O3. The number of carbonyl (C=O) groups is 2. The van der Waals surface area contributed by atoms with Gasteiger partial charge < -0.3 is 14.7 Å². The van der Waals surface area contributed by atoms with Gasteiger partial charge in [0.25, 0.3) is 0 Å². The first-order valence-corrected chi connectivity index (χ1v) is 4.05. The van der Waals surface area contributed by atoms with E-state index in [9.17, 15) is 9.59 Å². The SMILES string of the molecule is O=C1CN(Cc2ncon2)C(=O)CN1. The zero-order chi connectivity index (χ0) is 9.97. The van der Waals surface area contributed by atoms with Crippen molar-refractivity contribution in [1.29, 1.82) is 0 Å². The van der Waals surface area contributed by atoms with Crippen molar-refractivity contribution < 1.29 is 14.1 Å². The Morgan fingerprint density at radius 2 is 2.43 bits per heavy atom. The summed E-state index contributed by atoms with van der Waals surface area (Å²) in [6, 6.07) is 0. The highest BCUT2D eigenvalue weighted by Crippen LogP contribution is 2.01. The summed E-state index contributed by atoms with van der Waals surface area (Å²) in [6.45, 7) is 0.298. The van der Waals surface area contributed by atoms with Crippen LogP contribution in [0.15, 0.2) is 10.9 Å². The summed E-state index contributed by atoms with van der Waals surface area (Å²) in [7, 11) is 0. The zero-order valence-corrected chi connectivity index (χ0v) is 7.27. The maximum Gasteiger partial charge on any atom is 0.242 e. The minimum atomic E-state index is -0.173.